The maximum Gasteiger partial charge on any atom is 0.331 e. The van der Waals surface area contributed by atoms with Crippen molar-refractivity contribution in [2.24, 2.45) is 7.05 Å². The van der Waals surface area contributed by atoms with Crippen molar-refractivity contribution in [3.63, 3.8) is 0 Å². The number of halogens is 1. The number of imidazole rings is 1. The zero-order valence-corrected chi connectivity index (χ0v) is 13.7. The molecule has 0 aliphatic heterocycles. The van der Waals surface area contributed by atoms with E-state index < -0.39 is 0 Å². The van der Waals surface area contributed by atoms with Crippen molar-refractivity contribution in [3.8, 4) is 0 Å². The standard InChI is InChI=1S/C13H17IN4O2/c1-3-6-17-9-10(14)12(19)18(13(17)20)7-4-11-15-5-8-16(11)2/h5,8-9H,3-4,6-7H2,1-2H3. The molecule has 0 amide bonds. The Morgan fingerprint density at radius 2 is 2.05 bits per heavy atom. The molecule has 0 bridgehead atoms. The van der Waals surface area contributed by atoms with E-state index in [-0.39, 0.29) is 11.2 Å². The van der Waals surface area contributed by atoms with Gasteiger partial charge in [-0.3, -0.25) is 13.9 Å². The average Bonchev–Trinajstić information content (AvgIpc) is 2.82. The summed E-state index contributed by atoms with van der Waals surface area (Å²) in [7, 11) is 1.90. The topological polar surface area (TPSA) is 61.8 Å². The predicted molar refractivity (Wildman–Crippen MR) is 84.9 cm³/mol. The zero-order chi connectivity index (χ0) is 14.7. The molecule has 2 aromatic heterocycles. The third kappa shape index (κ3) is 3.02. The van der Waals surface area contributed by atoms with Gasteiger partial charge in [0.05, 0.1) is 3.57 Å². The SMILES string of the molecule is CCCn1cc(I)c(=O)n(CCc2nccn2C)c1=O. The summed E-state index contributed by atoms with van der Waals surface area (Å²) in [5, 5.41) is 0. The molecular formula is C13H17IN4O2. The fourth-order valence-electron chi connectivity index (χ4n) is 2.07. The number of hydrogen-bond donors (Lipinski definition) is 0. The van der Waals surface area contributed by atoms with E-state index in [0.717, 1.165) is 12.2 Å². The number of nitrogens with zero attached hydrogens (tertiary/aromatic N) is 4. The molecule has 108 valence electrons. The lowest BCUT2D eigenvalue weighted by atomic mass is 10.4. The van der Waals surface area contributed by atoms with Gasteiger partial charge in [0.2, 0.25) is 0 Å². The van der Waals surface area contributed by atoms with Crippen molar-refractivity contribution < 1.29 is 0 Å². The molecule has 0 spiro atoms. The summed E-state index contributed by atoms with van der Waals surface area (Å²) in [4.78, 5) is 28.6. The Morgan fingerprint density at radius 1 is 1.30 bits per heavy atom. The van der Waals surface area contributed by atoms with E-state index in [1.54, 1.807) is 17.0 Å². The molecule has 6 nitrogen and oxygen atoms in total. The van der Waals surface area contributed by atoms with Gasteiger partial charge in [0.15, 0.2) is 0 Å². The molecule has 0 aliphatic rings. The van der Waals surface area contributed by atoms with E-state index in [0.29, 0.717) is 23.1 Å². The van der Waals surface area contributed by atoms with Crippen LogP contribution in [0.5, 0.6) is 0 Å². The normalized spacial score (nSPS) is 10.9. The third-order valence-corrected chi connectivity index (χ3v) is 3.88. The molecule has 0 unspecified atom stereocenters. The predicted octanol–water partition coefficient (Wildman–Crippen LogP) is 1.00. The highest BCUT2D eigenvalue weighted by molar-refractivity contribution is 14.1. The number of hydrogen-bond acceptors (Lipinski definition) is 3. The van der Waals surface area contributed by atoms with E-state index in [2.05, 4.69) is 4.98 Å². The molecule has 0 radical (unpaired) electrons. The molecule has 20 heavy (non-hydrogen) atoms. The van der Waals surface area contributed by atoms with Crippen LogP contribution in [-0.4, -0.2) is 18.7 Å². The van der Waals surface area contributed by atoms with Crippen LogP contribution in [0.25, 0.3) is 0 Å². The Morgan fingerprint density at radius 3 is 2.65 bits per heavy atom. The molecule has 7 heteroatoms. The average molecular weight is 388 g/mol. The minimum absolute atomic E-state index is 0.225. The monoisotopic (exact) mass is 388 g/mol. The van der Waals surface area contributed by atoms with Crippen LogP contribution < -0.4 is 11.2 Å². The van der Waals surface area contributed by atoms with Crippen molar-refractivity contribution in [1.29, 1.82) is 0 Å². The largest absolute Gasteiger partial charge is 0.338 e. The molecule has 0 saturated carbocycles. The van der Waals surface area contributed by atoms with E-state index in [4.69, 9.17) is 0 Å². The van der Waals surface area contributed by atoms with Gasteiger partial charge in [0, 0.05) is 45.1 Å². The summed E-state index contributed by atoms with van der Waals surface area (Å²) >= 11 is 1.98. The van der Waals surface area contributed by atoms with Crippen LogP contribution in [0.2, 0.25) is 0 Å². The fourth-order valence-corrected chi connectivity index (χ4v) is 2.69. The summed E-state index contributed by atoms with van der Waals surface area (Å²) in [6, 6.07) is 0. The quantitative estimate of drug-likeness (QED) is 0.719. The molecular weight excluding hydrogens is 371 g/mol. The minimum atomic E-state index is -0.244. The third-order valence-electron chi connectivity index (χ3n) is 3.14. The molecule has 0 aliphatic carbocycles. The highest BCUT2D eigenvalue weighted by atomic mass is 127. The van der Waals surface area contributed by atoms with Gasteiger partial charge in [-0.25, -0.2) is 9.78 Å². The van der Waals surface area contributed by atoms with Crippen molar-refractivity contribution in [2.45, 2.75) is 32.9 Å². The van der Waals surface area contributed by atoms with Crippen LogP contribution in [0.3, 0.4) is 0 Å². The van der Waals surface area contributed by atoms with Gasteiger partial charge in [-0.2, -0.15) is 0 Å². The molecule has 2 aromatic rings. The Hall–Kier alpha value is -1.38. The van der Waals surface area contributed by atoms with E-state index in [9.17, 15) is 9.59 Å². The van der Waals surface area contributed by atoms with Crippen LogP contribution in [-0.2, 0) is 26.6 Å². The summed E-state index contributed by atoms with van der Waals surface area (Å²) in [5.74, 6) is 0.859. The van der Waals surface area contributed by atoms with Gasteiger partial charge < -0.3 is 4.57 Å². The van der Waals surface area contributed by atoms with Crippen molar-refractivity contribution >= 4 is 22.6 Å². The van der Waals surface area contributed by atoms with E-state index in [1.165, 1.54) is 4.57 Å². The van der Waals surface area contributed by atoms with E-state index >= 15 is 0 Å². The van der Waals surface area contributed by atoms with Gasteiger partial charge >= 0.3 is 5.69 Å². The molecule has 2 heterocycles. The Bertz CT molecular complexity index is 714. The van der Waals surface area contributed by atoms with Crippen LogP contribution in [0.1, 0.15) is 19.2 Å². The zero-order valence-electron chi connectivity index (χ0n) is 11.5. The van der Waals surface area contributed by atoms with Gasteiger partial charge in [-0.15, -0.1) is 0 Å². The highest BCUT2D eigenvalue weighted by Crippen LogP contribution is 1.99. The number of aryl methyl sites for hydroxylation is 3. The fraction of sp³-hybridized carbons (Fsp3) is 0.462. The Labute approximate surface area is 130 Å². The molecule has 0 saturated heterocycles. The van der Waals surface area contributed by atoms with Crippen molar-refractivity contribution in [3.05, 3.63) is 48.8 Å². The number of rotatable bonds is 5. The summed E-state index contributed by atoms with van der Waals surface area (Å²) < 4.78 is 5.35. The van der Waals surface area contributed by atoms with Gasteiger partial charge in [0.25, 0.3) is 5.56 Å². The van der Waals surface area contributed by atoms with Crippen molar-refractivity contribution in [2.75, 3.05) is 0 Å². The van der Waals surface area contributed by atoms with Gasteiger partial charge in [-0.1, -0.05) is 6.92 Å². The number of aromatic nitrogens is 4. The second-order valence-electron chi connectivity index (χ2n) is 4.61. The molecule has 0 aromatic carbocycles. The van der Waals surface area contributed by atoms with Gasteiger partial charge in [0.1, 0.15) is 5.82 Å². The smallest absolute Gasteiger partial charge is 0.331 e. The minimum Gasteiger partial charge on any atom is -0.338 e. The first kappa shape index (κ1) is 15.0. The summed E-state index contributed by atoms with van der Waals surface area (Å²) in [5.41, 5.74) is -0.469. The lowest BCUT2D eigenvalue weighted by Gasteiger charge is -2.10. The second-order valence-corrected chi connectivity index (χ2v) is 5.78. The highest BCUT2D eigenvalue weighted by Gasteiger charge is 2.10. The Kier molecular flexibility index (Phi) is 4.79. The first-order valence-electron chi connectivity index (χ1n) is 6.50. The summed E-state index contributed by atoms with van der Waals surface area (Å²) in [6.07, 6.45) is 6.61. The molecule has 0 atom stereocenters. The van der Waals surface area contributed by atoms with Gasteiger partial charge in [-0.05, 0) is 29.0 Å². The molecule has 0 fully saturated rings. The lowest BCUT2D eigenvalue weighted by molar-refractivity contribution is 0.532. The first-order valence-corrected chi connectivity index (χ1v) is 7.58. The van der Waals surface area contributed by atoms with Crippen LogP contribution in [0, 0.1) is 3.57 Å². The maximum absolute atomic E-state index is 12.3. The second kappa shape index (κ2) is 6.38. The van der Waals surface area contributed by atoms with Crippen molar-refractivity contribution in [1.82, 2.24) is 18.7 Å². The lowest BCUT2D eigenvalue weighted by Crippen LogP contribution is -2.41. The van der Waals surface area contributed by atoms with Crippen LogP contribution in [0.4, 0.5) is 0 Å². The summed E-state index contributed by atoms with van der Waals surface area (Å²) in [6.45, 7) is 2.98. The molecule has 2 rings (SSSR count). The Balaban J connectivity index is 2.33. The maximum atomic E-state index is 12.3. The van der Waals surface area contributed by atoms with Crippen LogP contribution >= 0.6 is 22.6 Å². The van der Waals surface area contributed by atoms with E-state index in [1.807, 2.05) is 47.3 Å². The van der Waals surface area contributed by atoms with Crippen LogP contribution in [0.15, 0.2) is 28.2 Å². The first-order chi connectivity index (χ1) is 9.54. The molecule has 0 N–H and O–H groups in total.